The monoisotopic (exact) mass is 489 g/mol. The molecule has 182 valence electrons. The number of amides is 1. The zero-order valence-electron chi connectivity index (χ0n) is 19.8. The minimum atomic E-state index is -3.62. The topological polar surface area (TPSA) is 60.9 Å². The number of carbonyl (C=O) groups excluding carboxylic acids is 1. The molecule has 1 fully saturated rings. The summed E-state index contributed by atoms with van der Waals surface area (Å²) in [5.74, 6) is 0.152. The van der Waals surface area contributed by atoms with Gasteiger partial charge in [-0.25, -0.2) is 8.42 Å². The molecule has 3 aromatic rings. The Labute approximate surface area is 207 Å². The van der Waals surface area contributed by atoms with Crippen molar-refractivity contribution in [3.05, 3.63) is 90.0 Å². The minimum Gasteiger partial charge on any atom is -0.368 e. The lowest BCUT2D eigenvalue weighted by Gasteiger charge is -2.36. The Bertz CT molecular complexity index is 1270. The number of nitrogens with zero attached hydrogens (tertiary/aromatic N) is 3. The molecule has 7 heteroatoms. The zero-order valence-corrected chi connectivity index (χ0v) is 20.7. The molecule has 0 N–H and O–H groups in total. The summed E-state index contributed by atoms with van der Waals surface area (Å²) in [5.41, 5.74) is 4.02. The molecule has 0 saturated carbocycles. The van der Waals surface area contributed by atoms with Crippen molar-refractivity contribution >= 4 is 27.3 Å². The van der Waals surface area contributed by atoms with Crippen molar-refractivity contribution in [2.24, 2.45) is 0 Å². The average Bonchev–Trinajstić information content (AvgIpc) is 2.92. The standard InChI is InChI=1S/C28H31N3O3S/c32-28(30-21-19-29(20-22-30)25-9-2-1-3-10-25)17-14-23-12-15-26(16-13-23)35(33,34)31-18-6-8-24-7-4-5-11-27(24)31/h1-5,7,9-13,15-16H,6,8,14,17-22H2. The number of benzene rings is 3. The molecule has 35 heavy (non-hydrogen) atoms. The molecule has 2 heterocycles. The lowest BCUT2D eigenvalue weighted by atomic mass is 10.0. The molecule has 0 atom stereocenters. The molecule has 1 saturated heterocycles. The van der Waals surface area contributed by atoms with E-state index in [0.29, 0.717) is 24.3 Å². The second kappa shape index (κ2) is 10.1. The Morgan fingerprint density at radius 1 is 0.771 bits per heavy atom. The summed E-state index contributed by atoms with van der Waals surface area (Å²) >= 11 is 0. The van der Waals surface area contributed by atoms with E-state index >= 15 is 0 Å². The Morgan fingerprint density at radius 2 is 1.46 bits per heavy atom. The van der Waals surface area contributed by atoms with Crippen LogP contribution in [0.15, 0.2) is 83.8 Å². The van der Waals surface area contributed by atoms with E-state index in [1.807, 2.05) is 59.5 Å². The summed E-state index contributed by atoms with van der Waals surface area (Å²) in [7, 11) is -3.62. The fraction of sp³-hybridized carbons (Fsp3) is 0.321. The normalized spacial score (nSPS) is 16.2. The van der Waals surface area contributed by atoms with Gasteiger partial charge in [-0.05, 0) is 60.7 Å². The van der Waals surface area contributed by atoms with Crippen molar-refractivity contribution in [2.75, 3.05) is 41.9 Å². The largest absolute Gasteiger partial charge is 0.368 e. The highest BCUT2D eigenvalue weighted by atomic mass is 32.2. The number of hydrogen-bond acceptors (Lipinski definition) is 4. The number of rotatable bonds is 6. The number of hydrogen-bond donors (Lipinski definition) is 0. The van der Waals surface area contributed by atoms with Gasteiger partial charge in [0.25, 0.3) is 10.0 Å². The van der Waals surface area contributed by atoms with Gasteiger partial charge in [-0.3, -0.25) is 9.10 Å². The van der Waals surface area contributed by atoms with E-state index in [1.165, 1.54) is 9.99 Å². The number of fused-ring (bicyclic) bond motifs is 1. The van der Waals surface area contributed by atoms with Gasteiger partial charge in [-0.2, -0.15) is 0 Å². The fourth-order valence-corrected chi connectivity index (χ4v) is 6.51. The van der Waals surface area contributed by atoms with Crippen LogP contribution in [0.1, 0.15) is 24.0 Å². The van der Waals surface area contributed by atoms with Crippen LogP contribution in [-0.4, -0.2) is 51.9 Å². The maximum Gasteiger partial charge on any atom is 0.264 e. The van der Waals surface area contributed by atoms with E-state index in [-0.39, 0.29) is 5.91 Å². The zero-order chi connectivity index (χ0) is 24.3. The van der Waals surface area contributed by atoms with Crippen molar-refractivity contribution in [1.29, 1.82) is 0 Å². The van der Waals surface area contributed by atoms with Gasteiger partial charge in [0.05, 0.1) is 10.6 Å². The van der Waals surface area contributed by atoms with Gasteiger partial charge in [-0.1, -0.05) is 48.5 Å². The first-order chi connectivity index (χ1) is 17.0. The predicted molar refractivity (Wildman–Crippen MR) is 139 cm³/mol. The van der Waals surface area contributed by atoms with Crippen molar-refractivity contribution in [2.45, 2.75) is 30.6 Å². The number of anilines is 2. The second-order valence-corrected chi connectivity index (χ2v) is 11.0. The molecule has 1 amide bonds. The quantitative estimate of drug-likeness (QED) is 0.523. The summed E-state index contributed by atoms with van der Waals surface area (Å²) in [6.45, 7) is 3.61. The van der Waals surface area contributed by atoms with Gasteiger partial charge in [-0.15, -0.1) is 0 Å². The summed E-state index contributed by atoms with van der Waals surface area (Å²) in [5, 5.41) is 0. The number of carbonyl (C=O) groups is 1. The number of sulfonamides is 1. The van der Waals surface area contributed by atoms with Crippen LogP contribution in [0, 0.1) is 0 Å². The predicted octanol–water partition coefficient (Wildman–Crippen LogP) is 4.11. The van der Waals surface area contributed by atoms with Gasteiger partial charge >= 0.3 is 0 Å². The first-order valence-corrected chi connectivity index (χ1v) is 13.7. The maximum atomic E-state index is 13.3. The highest BCUT2D eigenvalue weighted by Crippen LogP contribution is 2.31. The summed E-state index contributed by atoms with van der Waals surface area (Å²) in [4.78, 5) is 17.3. The van der Waals surface area contributed by atoms with Crippen molar-refractivity contribution in [3.63, 3.8) is 0 Å². The van der Waals surface area contributed by atoms with Crippen LogP contribution in [0.4, 0.5) is 11.4 Å². The second-order valence-electron chi connectivity index (χ2n) is 9.16. The van der Waals surface area contributed by atoms with Gasteiger partial charge in [0, 0.05) is 44.8 Å². The molecule has 0 aromatic heterocycles. The molecule has 6 nitrogen and oxygen atoms in total. The summed E-state index contributed by atoms with van der Waals surface area (Å²) in [6.07, 6.45) is 2.74. The molecule has 0 spiro atoms. The Morgan fingerprint density at radius 3 is 2.20 bits per heavy atom. The van der Waals surface area contributed by atoms with E-state index in [9.17, 15) is 13.2 Å². The van der Waals surface area contributed by atoms with Crippen LogP contribution < -0.4 is 9.21 Å². The first-order valence-electron chi connectivity index (χ1n) is 12.3. The summed E-state index contributed by atoms with van der Waals surface area (Å²) in [6, 6.07) is 25.0. The molecule has 2 aliphatic heterocycles. The highest BCUT2D eigenvalue weighted by Gasteiger charge is 2.29. The molecule has 0 unspecified atom stereocenters. The third-order valence-corrected chi connectivity index (χ3v) is 8.79. The van der Waals surface area contributed by atoms with Gasteiger partial charge in [0.2, 0.25) is 5.91 Å². The SMILES string of the molecule is O=C(CCc1ccc(S(=O)(=O)N2CCCc3ccccc32)cc1)N1CCN(c2ccccc2)CC1. The van der Waals surface area contributed by atoms with Crippen LogP contribution in [0.3, 0.4) is 0 Å². The molecule has 0 aliphatic carbocycles. The van der Waals surface area contributed by atoms with Crippen molar-refractivity contribution in [3.8, 4) is 0 Å². The van der Waals surface area contributed by atoms with E-state index in [4.69, 9.17) is 0 Å². The van der Waals surface area contributed by atoms with Crippen LogP contribution in [0.2, 0.25) is 0 Å². The Hall–Kier alpha value is -3.32. The van der Waals surface area contributed by atoms with Crippen LogP contribution >= 0.6 is 0 Å². The van der Waals surface area contributed by atoms with Crippen LogP contribution in [0.25, 0.3) is 0 Å². The van der Waals surface area contributed by atoms with Gasteiger partial charge < -0.3 is 9.80 Å². The molecule has 2 aliphatic rings. The molecule has 5 rings (SSSR count). The van der Waals surface area contributed by atoms with Crippen molar-refractivity contribution < 1.29 is 13.2 Å². The maximum absolute atomic E-state index is 13.3. The number of aryl methyl sites for hydroxylation is 2. The Balaban J connectivity index is 1.17. The van der Waals surface area contributed by atoms with Crippen molar-refractivity contribution in [1.82, 2.24) is 4.90 Å². The van der Waals surface area contributed by atoms with Crippen LogP contribution in [-0.2, 0) is 27.7 Å². The number of para-hydroxylation sites is 2. The molecule has 0 radical (unpaired) electrons. The molecule has 3 aromatic carbocycles. The van der Waals surface area contributed by atoms with E-state index < -0.39 is 10.0 Å². The molecule has 0 bridgehead atoms. The third-order valence-electron chi connectivity index (χ3n) is 6.96. The summed E-state index contributed by atoms with van der Waals surface area (Å²) < 4.78 is 28.2. The van der Waals surface area contributed by atoms with E-state index in [2.05, 4.69) is 17.0 Å². The molecular formula is C28H31N3O3S. The van der Waals surface area contributed by atoms with Crippen LogP contribution in [0.5, 0.6) is 0 Å². The van der Waals surface area contributed by atoms with Gasteiger partial charge in [0.1, 0.15) is 0 Å². The smallest absolute Gasteiger partial charge is 0.264 e. The van der Waals surface area contributed by atoms with Gasteiger partial charge in [0.15, 0.2) is 0 Å². The first kappa shape index (κ1) is 23.4. The molecular weight excluding hydrogens is 458 g/mol. The third kappa shape index (κ3) is 5.05. The lowest BCUT2D eigenvalue weighted by Crippen LogP contribution is -2.48. The highest BCUT2D eigenvalue weighted by molar-refractivity contribution is 7.92. The fourth-order valence-electron chi connectivity index (χ4n) is 4.97. The van der Waals surface area contributed by atoms with E-state index in [0.717, 1.165) is 55.8 Å². The lowest BCUT2D eigenvalue weighted by molar-refractivity contribution is -0.131. The van der Waals surface area contributed by atoms with E-state index in [1.54, 1.807) is 12.1 Å². The number of piperazine rings is 1. The minimum absolute atomic E-state index is 0.152. The average molecular weight is 490 g/mol. The Kier molecular flexibility index (Phi) is 6.77.